The molecule has 4 rings (SSSR count). The van der Waals surface area contributed by atoms with Crippen LogP contribution in [-0.2, 0) is 10.1 Å². The third-order valence-corrected chi connectivity index (χ3v) is 5.73. The smallest absolute Gasteiger partial charge is 0.295 e. The van der Waals surface area contributed by atoms with E-state index < -0.39 is 20.6 Å². The predicted molar refractivity (Wildman–Crippen MR) is 125 cm³/mol. The molecule has 2 unspecified atom stereocenters. The normalized spacial score (nSPS) is 13.6. The van der Waals surface area contributed by atoms with Crippen molar-refractivity contribution in [2.24, 2.45) is 10.2 Å². The van der Waals surface area contributed by atoms with Crippen LogP contribution in [0.1, 0.15) is 0 Å². The van der Waals surface area contributed by atoms with Crippen LogP contribution in [0.15, 0.2) is 82.1 Å². The Morgan fingerprint density at radius 2 is 1.47 bits per heavy atom. The summed E-state index contributed by atoms with van der Waals surface area (Å²) in [5.74, 6) is 0.295. The molecule has 2 aromatic carbocycles. The number of hydrogen-bond acceptors (Lipinski definition) is 12. The van der Waals surface area contributed by atoms with Gasteiger partial charge in [0.1, 0.15) is 16.4 Å². The van der Waals surface area contributed by atoms with Gasteiger partial charge >= 0.3 is 0 Å². The summed E-state index contributed by atoms with van der Waals surface area (Å²) in [5, 5.41) is 46.5. The molecule has 4 aromatic rings. The number of hydrogen-bond donors (Lipinski definition) is 7. The van der Waals surface area contributed by atoms with E-state index in [-0.39, 0.29) is 44.7 Å². The van der Waals surface area contributed by atoms with Gasteiger partial charge in [-0.1, -0.05) is 24.3 Å². The number of fused-ring (bicyclic) bond motifs is 1. The van der Waals surface area contributed by atoms with E-state index in [9.17, 15) is 23.4 Å². The summed E-state index contributed by atoms with van der Waals surface area (Å²) in [6.07, 6.45) is 2.24. The monoisotopic (exact) mass is 514 g/mol. The summed E-state index contributed by atoms with van der Waals surface area (Å²) in [4.78, 5) is 7.50. The quantitative estimate of drug-likeness (QED) is 0.101. The number of benzene rings is 2. The molecule has 0 saturated carbocycles. The van der Waals surface area contributed by atoms with Crippen LogP contribution < -0.4 is 21.3 Å². The van der Waals surface area contributed by atoms with Gasteiger partial charge in [-0.2, -0.15) is 18.9 Å². The van der Waals surface area contributed by atoms with Crippen molar-refractivity contribution in [2.45, 2.75) is 4.90 Å². The van der Waals surface area contributed by atoms with Crippen molar-refractivity contribution in [3.8, 4) is 0 Å². The highest BCUT2D eigenvalue weighted by Crippen LogP contribution is 2.39. The largest absolute Gasteiger partial charge is 0.595 e. The molecule has 16 heteroatoms. The number of nitrogens with zero attached hydrogens (tertiary/aromatic N) is 4. The maximum absolute atomic E-state index is 12.1. The van der Waals surface area contributed by atoms with Crippen LogP contribution in [0.2, 0.25) is 0 Å². The Morgan fingerprint density at radius 3 is 2.03 bits per heavy atom. The number of nitrogens with one attached hydrogen (secondary N) is 4. The number of pyridine rings is 2. The fourth-order valence-electron chi connectivity index (χ4n) is 3.14. The van der Waals surface area contributed by atoms with Crippen LogP contribution in [0.5, 0.6) is 0 Å². The molecule has 0 aliphatic heterocycles. The molecule has 0 radical (unpaired) electrons. The summed E-state index contributed by atoms with van der Waals surface area (Å²) in [7, 11) is -4.64. The highest BCUT2D eigenvalue weighted by molar-refractivity contribution is 7.86. The second-order valence-corrected chi connectivity index (χ2v) is 8.58. The summed E-state index contributed by atoms with van der Waals surface area (Å²) in [6.45, 7) is 0. The Kier molecular flexibility index (Phi) is 7.10. The van der Waals surface area contributed by atoms with Crippen molar-refractivity contribution in [2.75, 3.05) is 10.9 Å². The molecule has 0 amide bonds. The van der Waals surface area contributed by atoms with Crippen LogP contribution in [0.3, 0.4) is 0 Å². The lowest BCUT2D eigenvalue weighted by molar-refractivity contribution is -0.991. The second kappa shape index (κ2) is 10.2. The molecule has 0 bridgehead atoms. The third kappa shape index (κ3) is 5.57. The number of rotatable bonds is 8. The molecule has 0 spiro atoms. The molecule has 15 nitrogen and oxygen atoms in total. The van der Waals surface area contributed by atoms with Crippen molar-refractivity contribution >= 4 is 55.3 Å². The maximum atomic E-state index is 12.1. The van der Waals surface area contributed by atoms with Gasteiger partial charge in [0.2, 0.25) is 0 Å². The lowest BCUT2D eigenvalue weighted by Gasteiger charge is -2.15. The van der Waals surface area contributed by atoms with Gasteiger partial charge in [-0.3, -0.25) is 15.4 Å². The van der Waals surface area contributed by atoms with Gasteiger partial charge in [0.15, 0.2) is 17.2 Å². The molecule has 0 fully saturated rings. The van der Waals surface area contributed by atoms with Crippen LogP contribution in [0, 0.1) is 10.4 Å². The molecule has 0 aliphatic carbocycles. The minimum atomic E-state index is -4.64. The average molecular weight is 514 g/mol. The SMILES string of the molecule is O=S(=O)(O)c1cc(NNc2ccc([NH+]([O-])O)cn2)c(N=Nc2ccc([NH+]([O-])O)cn2)c2ccccc12. The predicted octanol–water partition coefficient (Wildman–Crippen LogP) is 1.54. The summed E-state index contributed by atoms with van der Waals surface area (Å²) >= 11 is 0. The summed E-state index contributed by atoms with van der Waals surface area (Å²) in [6, 6.07) is 12.8. The molecular weight excluding hydrogens is 496 g/mol. The Bertz CT molecular complexity index is 1510. The van der Waals surface area contributed by atoms with Crippen molar-refractivity contribution in [1.82, 2.24) is 9.97 Å². The van der Waals surface area contributed by atoms with E-state index in [1.165, 1.54) is 30.3 Å². The number of hydrazine groups is 1. The number of azo groups is 1. The first-order chi connectivity index (χ1) is 17.1. The fraction of sp³-hybridized carbons (Fsp3) is 0. The number of quaternary nitrogens is 2. The Balaban J connectivity index is 1.77. The van der Waals surface area contributed by atoms with Gasteiger partial charge in [0.25, 0.3) is 10.1 Å². The van der Waals surface area contributed by atoms with Gasteiger partial charge in [-0.05, 0) is 18.2 Å². The Morgan fingerprint density at radius 1 is 0.833 bits per heavy atom. The molecule has 2 heterocycles. The lowest BCUT2D eigenvalue weighted by Crippen LogP contribution is -2.99. The maximum Gasteiger partial charge on any atom is 0.295 e. The lowest BCUT2D eigenvalue weighted by atomic mass is 10.1. The van der Waals surface area contributed by atoms with E-state index in [1.807, 2.05) is 0 Å². The van der Waals surface area contributed by atoms with Gasteiger partial charge in [-0.25, -0.2) is 20.4 Å². The highest BCUT2D eigenvalue weighted by atomic mass is 32.2. The summed E-state index contributed by atoms with van der Waals surface area (Å²) in [5.41, 5.74) is 5.65. The van der Waals surface area contributed by atoms with Gasteiger partial charge in [-0.15, -0.1) is 10.2 Å². The second-order valence-electron chi connectivity index (χ2n) is 7.19. The van der Waals surface area contributed by atoms with Crippen LogP contribution in [0.25, 0.3) is 10.8 Å². The Labute approximate surface area is 202 Å². The first-order valence-electron chi connectivity index (χ1n) is 9.99. The molecule has 36 heavy (non-hydrogen) atoms. The zero-order valence-electron chi connectivity index (χ0n) is 18.0. The average Bonchev–Trinajstić information content (AvgIpc) is 2.85. The van der Waals surface area contributed by atoms with Crippen molar-refractivity contribution in [3.05, 3.63) is 77.4 Å². The van der Waals surface area contributed by atoms with E-state index in [0.717, 1.165) is 18.5 Å². The topological polar surface area (TPSA) is 224 Å². The minimum absolute atomic E-state index is 0.0316. The molecule has 186 valence electrons. The van der Waals surface area contributed by atoms with Crippen molar-refractivity contribution < 1.29 is 33.8 Å². The zero-order chi connectivity index (χ0) is 25.9. The first kappa shape index (κ1) is 25.0. The zero-order valence-corrected chi connectivity index (χ0v) is 18.8. The van der Waals surface area contributed by atoms with E-state index >= 15 is 0 Å². The van der Waals surface area contributed by atoms with Gasteiger partial charge in [0, 0.05) is 22.9 Å². The van der Waals surface area contributed by atoms with Crippen molar-refractivity contribution in [1.29, 1.82) is 0 Å². The van der Waals surface area contributed by atoms with Crippen molar-refractivity contribution in [3.63, 3.8) is 0 Å². The number of aromatic nitrogens is 2. The van der Waals surface area contributed by atoms with Gasteiger partial charge in [0.05, 0.1) is 18.1 Å². The molecule has 2 atom stereocenters. The third-order valence-electron chi connectivity index (χ3n) is 4.84. The Hall–Kier alpha value is -4.13. The van der Waals surface area contributed by atoms with Gasteiger partial charge < -0.3 is 10.4 Å². The first-order valence-corrected chi connectivity index (χ1v) is 11.4. The molecular formula is C20H18N8O7S. The summed E-state index contributed by atoms with van der Waals surface area (Å²) < 4.78 is 34.0. The molecule has 0 aliphatic rings. The van der Waals surface area contributed by atoms with E-state index in [0.29, 0.717) is 5.39 Å². The van der Waals surface area contributed by atoms with E-state index in [1.54, 1.807) is 18.2 Å². The molecule has 7 N–H and O–H groups in total. The number of anilines is 2. The standard InChI is InChI=1S/C20H18N8O7S/c29-27(30)12-5-7-18(21-10-12)24-23-16-9-17(36(33,34)35)14-3-1-2-4-15(14)20(16)26-25-19-8-6-13(11-22-19)28(31)32/h1-11,23,27-29,31H,(H,21,24)(H,33,34,35). The fourth-order valence-corrected chi connectivity index (χ4v) is 3.86. The minimum Gasteiger partial charge on any atom is -0.595 e. The highest BCUT2D eigenvalue weighted by Gasteiger charge is 2.20. The van der Waals surface area contributed by atoms with Crippen LogP contribution in [0.4, 0.5) is 34.4 Å². The van der Waals surface area contributed by atoms with Crippen LogP contribution >= 0.6 is 0 Å². The molecule has 0 saturated heterocycles. The van der Waals surface area contributed by atoms with E-state index in [2.05, 4.69) is 31.0 Å². The molecule has 2 aromatic heterocycles. The van der Waals surface area contributed by atoms with Crippen LogP contribution in [-0.4, -0.2) is 33.4 Å². The van der Waals surface area contributed by atoms with E-state index in [4.69, 9.17) is 10.4 Å².